The van der Waals surface area contributed by atoms with Gasteiger partial charge in [-0.15, -0.1) is 10.2 Å². The lowest BCUT2D eigenvalue weighted by Crippen LogP contribution is -2.44. The lowest BCUT2D eigenvalue weighted by Gasteiger charge is -2.24. The van der Waals surface area contributed by atoms with Crippen LogP contribution in [0.25, 0.3) is 16.6 Å². The molecule has 0 spiro atoms. The van der Waals surface area contributed by atoms with Crippen molar-refractivity contribution in [1.29, 1.82) is 0 Å². The van der Waals surface area contributed by atoms with Gasteiger partial charge in [0.2, 0.25) is 11.8 Å². The fourth-order valence-corrected chi connectivity index (χ4v) is 4.13. The first-order chi connectivity index (χ1) is 14.7. The highest BCUT2D eigenvalue weighted by Gasteiger charge is 2.36. The Balaban J connectivity index is 1.24. The Bertz CT molecular complexity index is 1230. The molecule has 8 heteroatoms. The molecule has 5 rings (SSSR count). The fraction of sp³-hybridized carbons (Fsp3) is 0.273. The van der Waals surface area contributed by atoms with Gasteiger partial charge in [-0.2, -0.15) is 0 Å². The first kappa shape index (κ1) is 18.4. The lowest BCUT2D eigenvalue weighted by molar-refractivity contribution is -0.135. The molecule has 4 heterocycles. The van der Waals surface area contributed by atoms with E-state index in [0.717, 1.165) is 27.9 Å². The monoisotopic (exact) mass is 402 g/mol. The molecule has 30 heavy (non-hydrogen) atoms. The Morgan fingerprint density at radius 3 is 2.97 bits per heavy atom. The molecule has 1 atom stereocenters. The largest absolute Gasteiger partial charge is 0.361 e. The van der Waals surface area contributed by atoms with E-state index in [-0.39, 0.29) is 11.8 Å². The summed E-state index contributed by atoms with van der Waals surface area (Å²) < 4.78 is 1.91. The maximum absolute atomic E-state index is 12.8. The van der Waals surface area contributed by atoms with Crippen LogP contribution in [0, 0.1) is 0 Å². The molecule has 1 aromatic carbocycles. The second-order valence-corrected chi connectivity index (χ2v) is 7.52. The van der Waals surface area contributed by atoms with E-state index in [1.165, 1.54) is 0 Å². The number of carbonyl (C=O) groups excluding carboxylic acids is 2. The number of hydrogen-bond acceptors (Lipinski definition) is 4. The van der Waals surface area contributed by atoms with Gasteiger partial charge >= 0.3 is 0 Å². The molecule has 1 aliphatic heterocycles. The van der Waals surface area contributed by atoms with E-state index >= 15 is 0 Å². The van der Waals surface area contributed by atoms with Gasteiger partial charge in [0.15, 0.2) is 5.65 Å². The Morgan fingerprint density at radius 1 is 1.17 bits per heavy atom. The minimum Gasteiger partial charge on any atom is -0.361 e. The predicted molar refractivity (Wildman–Crippen MR) is 112 cm³/mol. The minimum absolute atomic E-state index is 0.0175. The van der Waals surface area contributed by atoms with Gasteiger partial charge in [0, 0.05) is 49.2 Å². The van der Waals surface area contributed by atoms with Crippen LogP contribution in [0.5, 0.6) is 0 Å². The summed E-state index contributed by atoms with van der Waals surface area (Å²) in [5.41, 5.74) is 2.83. The SMILES string of the molecule is O=C(NCCc1nnc2ccccn12)C1CCC(=O)N1Cc1c[nH]c2ccccc12. The summed E-state index contributed by atoms with van der Waals surface area (Å²) in [5.74, 6) is 0.697. The third kappa shape index (κ3) is 3.30. The quantitative estimate of drug-likeness (QED) is 0.516. The second-order valence-electron chi connectivity index (χ2n) is 7.52. The van der Waals surface area contributed by atoms with Crippen molar-refractivity contribution in [3.63, 3.8) is 0 Å². The van der Waals surface area contributed by atoms with Crippen LogP contribution >= 0.6 is 0 Å². The molecular weight excluding hydrogens is 380 g/mol. The van der Waals surface area contributed by atoms with Crippen molar-refractivity contribution >= 4 is 28.4 Å². The smallest absolute Gasteiger partial charge is 0.242 e. The van der Waals surface area contributed by atoms with Gasteiger partial charge in [0.05, 0.1) is 0 Å². The number of pyridine rings is 1. The Hall–Kier alpha value is -3.68. The van der Waals surface area contributed by atoms with Crippen LogP contribution in [-0.4, -0.2) is 48.9 Å². The van der Waals surface area contributed by atoms with Gasteiger partial charge in [-0.05, 0) is 30.2 Å². The number of hydrogen-bond donors (Lipinski definition) is 2. The summed E-state index contributed by atoms with van der Waals surface area (Å²) in [7, 11) is 0. The molecule has 1 fully saturated rings. The predicted octanol–water partition coefficient (Wildman–Crippen LogP) is 2.06. The van der Waals surface area contributed by atoms with Gasteiger partial charge in [-0.25, -0.2) is 0 Å². The Kier molecular flexibility index (Phi) is 4.66. The van der Waals surface area contributed by atoms with Crippen LogP contribution in [0.4, 0.5) is 0 Å². The van der Waals surface area contributed by atoms with E-state index in [2.05, 4.69) is 20.5 Å². The molecule has 1 saturated heterocycles. The highest BCUT2D eigenvalue weighted by molar-refractivity contribution is 5.91. The number of rotatable bonds is 6. The van der Waals surface area contributed by atoms with E-state index in [1.807, 2.05) is 59.3 Å². The van der Waals surface area contributed by atoms with Crippen LogP contribution in [0.3, 0.4) is 0 Å². The highest BCUT2D eigenvalue weighted by Crippen LogP contribution is 2.25. The van der Waals surface area contributed by atoms with Crippen molar-refractivity contribution in [1.82, 2.24) is 29.8 Å². The summed E-state index contributed by atoms with van der Waals surface area (Å²) in [6.45, 7) is 0.871. The standard InChI is InChI=1S/C22H22N6O2/c29-21-9-8-18(28(21)14-15-13-24-17-6-2-1-5-16(15)17)22(30)23-11-10-20-26-25-19-7-3-4-12-27(19)20/h1-7,12-13,18,24H,8-11,14H2,(H,23,30). The van der Waals surface area contributed by atoms with Gasteiger partial charge in [0.25, 0.3) is 0 Å². The topological polar surface area (TPSA) is 95.4 Å². The van der Waals surface area contributed by atoms with Gasteiger partial charge in [-0.1, -0.05) is 24.3 Å². The number of nitrogens with one attached hydrogen (secondary N) is 2. The second kappa shape index (κ2) is 7.62. The third-order valence-electron chi connectivity index (χ3n) is 5.68. The van der Waals surface area contributed by atoms with Gasteiger partial charge in [0.1, 0.15) is 11.9 Å². The molecule has 152 valence electrons. The average Bonchev–Trinajstić information content (AvgIpc) is 3.47. The normalized spacial score (nSPS) is 16.6. The zero-order chi connectivity index (χ0) is 20.5. The molecule has 2 amide bonds. The van der Waals surface area contributed by atoms with E-state index in [9.17, 15) is 9.59 Å². The lowest BCUT2D eigenvalue weighted by atomic mass is 10.1. The summed E-state index contributed by atoms with van der Waals surface area (Å²) in [6, 6.07) is 13.3. The van der Waals surface area contributed by atoms with Crippen LogP contribution in [0.1, 0.15) is 24.2 Å². The number of amides is 2. The maximum atomic E-state index is 12.8. The molecule has 8 nitrogen and oxygen atoms in total. The fourth-order valence-electron chi connectivity index (χ4n) is 4.13. The number of para-hydroxylation sites is 1. The molecule has 4 aromatic rings. The van der Waals surface area contributed by atoms with Crippen molar-refractivity contribution in [2.24, 2.45) is 0 Å². The van der Waals surface area contributed by atoms with Crippen molar-refractivity contribution < 1.29 is 9.59 Å². The number of nitrogens with zero attached hydrogens (tertiary/aromatic N) is 4. The molecule has 1 unspecified atom stereocenters. The molecule has 0 bridgehead atoms. The Morgan fingerprint density at radius 2 is 2.03 bits per heavy atom. The van der Waals surface area contributed by atoms with Crippen molar-refractivity contribution in [2.45, 2.75) is 31.8 Å². The van der Waals surface area contributed by atoms with Gasteiger partial charge < -0.3 is 15.2 Å². The number of H-pyrrole nitrogens is 1. The van der Waals surface area contributed by atoms with E-state index < -0.39 is 6.04 Å². The third-order valence-corrected chi connectivity index (χ3v) is 5.68. The molecule has 0 radical (unpaired) electrons. The summed E-state index contributed by atoms with van der Waals surface area (Å²) in [6.07, 6.45) is 5.34. The maximum Gasteiger partial charge on any atom is 0.242 e. The zero-order valence-corrected chi connectivity index (χ0v) is 16.4. The summed E-state index contributed by atoms with van der Waals surface area (Å²) in [4.78, 5) is 30.2. The zero-order valence-electron chi connectivity index (χ0n) is 16.4. The van der Waals surface area contributed by atoms with E-state index in [1.54, 1.807) is 4.90 Å². The summed E-state index contributed by atoms with van der Waals surface area (Å²) >= 11 is 0. The molecule has 0 aliphatic carbocycles. The number of aromatic nitrogens is 4. The first-order valence-electron chi connectivity index (χ1n) is 10.1. The molecule has 0 saturated carbocycles. The molecule has 1 aliphatic rings. The number of likely N-dealkylation sites (tertiary alicyclic amines) is 1. The van der Waals surface area contributed by atoms with Crippen LogP contribution in [0.2, 0.25) is 0 Å². The Labute approximate surface area is 172 Å². The summed E-state index contributed by atoms with van der Waals surface area (Å²) in [5, 5.41) is 12.4. The highest BCUT2D eigenvalue weighted by atomic mass is 16.2. The molecule has 3 aromatic heterocycles. The number of benzene rings is 1. The molecular formula is C22H22N6O2. The number of carbonyl (C=O) groups is 2. The number of fused-ring (bicyclic) bond motifs is 2. The number of aromatic amines is 1. The van der Waals surface area contributed by atoms with E-state index in [0.29, 0.717) is 32.4 Å². The molecule has 2 N–H and O–H groups in total. The first-order valence-corrected chi connectivity index (χ1v) is 10.1. The van der Waals surface area contributed by atoms with Crippen LogP contribution in [-0.2, 0) is 22.6 Å². The van der Waals surface area contributed by atoms with Crippen molar-refractivity contribution in [3.05, 3.63) is 66.2 Å². The van der Waals surface area contributed by atoms with E-state index in [4.69, 9.17) is 0 Å². The van der Waals surface area contributed by atoms with Crippen LogP contribution < -0.4 is 5.32 Å². The average molecular weight is 402 g/mol. The van der Waals surface area contributed by atoms with Gasteiger partial charge in [-0.3, -0.25) is 14.0 Å². The van der Waals surface area contributed by atoms with Crippen molar-refractivity contribution in [2.75, 3.05) is 6.54 Å². The van der Waals surface area contributed by atoms with Crippen molar-refractivity contribution in [3.8, 4) is 0 Å². The van der Waals surface area contributed by atoms with Crippen LogP contribution in [0.15, 0.2) is 54.9 Å². The minimum atomic E-state index is -0.443.